The van der Waals surface area contributed by atoms with Gasteiger partial charge in [-0.15, -0.1) is 0 Å². The molecule has 0 N–H and O–H groups in total. The highest BCUT2D eigenvalue weighted by atomic mass is 19.2. The summed E-state index contributed by atoms with van der Waals surface area (Å²) < 4.78 is 40.9. The second-order valence-corrected chi connectivity index (χ2v) is 8.05. The molecule has 3 aromatic carbocycles. The maximum absolute atomic E-state index is 13.9. The molecule has 0 heterocycles. The van der Waals surface area contributed by atoms with E-state index in [2.05, 4.69) is 31.2 Å². The summed E-state index contributed by atoms with van der Waals surface area (Å²) in [6, 6.07) is 14.5. The molecule has 1 aliphatic rings. The average Bonchev–Trinajstić information content (AvgIpc) is 2.73. The van der Waals surface area contributed by atoms with Crippen molar-refractivity contribution >= 4 is 10.8 Å². The minimum absolute atomic E-state index is 0.100. The molecular formula is C25H25F3. The lowest BCUT2D eigenvalue weighted by molar-refractivity contribution is 0.308. The van der Waals surface area contributed by atoms with Crippen LogP contribution < -0.4 is 0 Å². The highest BCUT2D eigenvalue weighted by Gasteiger charge is 2.21. The normalized spacial score (nSPS) is 19.9. The van der Waals surface area contributed by atoms with E-state index in [1.165, 1.54) is 50.2 Å². The Labute approximate surface area is 164 Å². The average molecular weight is 382 g/mol. The van der Waals surface area contributed by atoms with Crippen molar-refractivity contribution in [2.24, 2.45) is 5.92 Å². The molecule has 0 aliphatic heterocycles. The van der Waals surface area contributed by atoms with Crippen LogP contribution in [0, 0.1) is 23.4 Å². The highest BCUT2D eigenvalue weighted by molar-refractivity contribution is 5.88. The van der Waals surface area contributed by atoms with Gasteiger partial charge in [-0.05, 0) is 71.7 Å². The molecule has 0 atom stereocenters. The first-order valence-electron chi connectivity index (χ1n) is 10.2. The van der Waals surface area contributed by atoms with Gasteiger partial charge in [0.25, 0.3) is 0 Å². The van der Waals surface area contributed by atoms with Gasteiger partial charge >= 0.3 is 0 Å². The smallest absolute Gasteiger partial charge is 0.195 e. The van der Waals surface area contributed by atoms with Gasteiger partial charge in [0.05, 0.1) is 0 Å². The summed E-state index contributed by atoms with van der Waals surface area (Å²) in [5.41, 5.74) is 3.24. The number of hydrogen-bond acceptors (Lipinski definition) is 0. The van der Waals surface area contributed by atoms with Crippen LogP contribution in [0.25, 0.3) is 21.9 Å². The van der Waals surface area contributed by atoms with E-state index in [1.807, 2.05) is 0 Å². The van der Waals surface area contributed by atoms with Gasteiger partial charge in [0.15, 0.2) is 17.5 Å². The quantitative estimate of drug-likeness (QED) is 0.401. The van der Waals surface area contributed by atoms with Crippen LogP contribution in [0.1, 0.15) is 56.9 Å². The van der Waals surface area contributed by atoms with Crippen molar-refractivity contribution in [2.75, 3.05) is 0 Å². The summed E-state index contributed by atoms with van der Waals surface area (Å²) in [5.74, 6) is -2.18. The monoisotopic (exact) mass is 382 g/mol. The lowest BCUT2D eigenvalue weighted by Gasteiger charge is -2.28. The van der Waals surface area contributed by atoms with Crippen LogP contribution in [0.2, 0.25) is 0 Å². The van der Waals surface area contributed by atoms with E-state index in [0.717, 1.165) is 23.1 Å². The van der Waals surface area contributed by atoms with Crippen molar-refractivity contribution in [1.29, 1.82) is 0 Å². The summed E-state index contributed by atoms with van der Waals surface area (Å²) in [7, 11) is 0. The van der Waals surface area contributed by atoms with Crippen molar-refractivity contribution in [1.82, 2.24) is 0 Å². The number of fused-ring (bicyclic) bond motifs is 1. The first-order chi connectivity index (χ1) is 13.6. The summed E-state index contributed by atoms with van der Waals surface area (Å²) >= 11 is 0. The number of benzene rings is 3. The second kappa shape index (κ2) is 7.98. The number of hydrogen-bond donors (Lipinski definition) is 0. The topological polar surface area (TPSA) is 0 Å². The van der Waals surface area contributed by atoms with E-state index in [4.69, 9.17) is 0 Å². The molecule has 0 nitrogen and oxygen atoms in total. The van der Waals surface area contributed by atoms with Gasteiger partial charge in [-0.25, -0.2) is 13.2 Å². The molecule has 3 aromatic rings. The molecule has 0 unspecified atom stereocenters. The maximum Gasteiger partial charge on any atom is 0.195 e. The van der Waals surface area contributed by atoms with Crippen molar-refractivity contribution in [2.45, 2.75) is 51.4 Å². The number of rotatable bonds is 4. The SMILES string of the molecule is CCC[C@H]1CC[C@H](c2ccc(-c3ccc4c(F)c(F)c(F)cc4c3)cc2)CC1. The van der Waals surface area contributed by atoms with Crippen LogP contribution in [0.5, 0.6) is 0 Å². The van der Waals surface area contributed by atoms with Crippen LogP contribution >= 0.6 is 0 Å². The van der Waals surface area contributed by atoms with Crippen molar-refractivity contribution in [3.05, 3.63) is 71.5 Å². The van der Waals surface area contributed by atoms with E-state index >= 15 is 0 Å². The molecule has 146 valence electrons. The third-order valence-corrected chi connectivity index (χ3v) is 6.23. The first kappa shape index (κ1) is 19.0. The number of halogens is 3. The Morgan fingerprint density at radius 1 is 0.786 bits per heavy atom. The third kappa shape index (κ3) is 3.67. The third-order valence-electron chi connectivity index (χ3n) is 6.23. The minimum Gasteiger partial charge on any atom is -0.204 e. The maximum atomic E-state index is 13.9. The Morgan fingerprint density at radius 3 is 2.14 bits per heavy atom. The van der Waals surface area contributed by atoms with Gasteiger partial charge in [-0.3, -0.25) is 0 Å². The molecule has 1 saturated carbocycles. The Kier molecular flexibility index (Phi) is 5.43. The Morgan fingerprint density at radius 2 is 1.46 bits per heavy atom. The van der Waals surface area contributed by atoms with Crippen molar-refractivity contribution in [3.63, 3.8) is 0 Å². The fourth-order valence-electron chi connectivity index (χ4n) is 4.62. The minimum atomic E-state index is -1.42. The van der Waals surface area contributed by atoms with Crippen molar-refractivity contribution in [3.8, 4) is 11.1 Å². The summed E-state index contributed by atoms with van der Waals surface area (Å²) in [5, 5.41) is 0.468. The van der Waals surface area contributed by atoms with Crippen molar-refractivity contribution < 1.29 is 13.2 Å². The second-order valence-electron chi connectivity index (χ2n) is 8.05. The van der Waals surface area contributed by atoms with Gasteiger partial charge in [-0.2, -0.15) is 0 Å². The molecule has 28 heavy (non-hydrogen) atoms. The predicted octanol–water partition coefficient (Wildman–Crippen LogP) is 8.00. The molecule has 0 saturated heterocycles. The highest BCUT2D eigenvalue weighted by Crippen LogP contribution is 2.38. The largest absolute Gasteiger partial charge is 0.204 e. The molecule has 0 radical (unpaired) electrons. The lowest BCUT2D eigenvalue weighted by atomic mass is 9.77. The molecule has 3 heteroatoms. The predicted molar refractivity (Wildman–Crippen MR) is 109 cm³/mol. The summed E-state index contributed by atoms with van der Waals surface area (Å²) in [6.07, 6.45) is 7.76. The molecule has 0 bridgehead atoms. The molecular weight excluding hydrogens is 357 g/mol. The van der Waals surface area contributed by atoms with Gasteiger partial charge < -0.3 is 0 Å². The molecule has 0 aromatic heterocycles. The van der Waals surface area contributed by atoms with E-state index in [0.29, 0.717) is 11.3 Å². The van der Waals surface area contributed by atoms with E-state index in [-0.39, 0.29) is 5.39 Å². The summed E-state index contributed by atoms with van der Waals surface area (Å²) in [4.78, 5) is 0. The van der Waals surface area contributed by atoms with Gasteiger partial charge in [-0.1, -0.05) is 56.2 Å². The molecule has 0 amide bonds. The van der Waals surface area contributed by atoms with E-state index < -0.39 is 17.5 Å². The van der Waals surface area contributed by atoms with Gasteiger partial charge in [0, 0.05) is 5.39 Å². The lowest BCUT2D eigenvalue weighted by Crippen LogP contribution is -2.13. The van der Waals surface area contributed by atoms with Crippen LogP contribution in [0.15, 0.2) is 48.5 Å². The molecule has 0 spiro atoms. The van der Waals surface area contributed by atoms with Gasteiger partial charge in [0.1, 0.15) is 0 Å². The molecule has 1 aliphatic carbocycles. The molecule has 1 fully saturated rings. The Hall–Kier alpha value is -2.29. The van der Waals surface area contributed by atoms with Crippen LogP contribution in [-0.4, -0.2) is 0 Å². The van der Waals surface area contributed by atoms with E-state index in [9.17, 15) is 13.2 Å². The summed E-state index contributed by atoms with van der Waals surface area (Å²) in [6.45, 7) is 2.26. The zero-order valence-corrected chi connectivity index (χ0v) is 16.2. The van der Waals surface area contributed by atoms with Crippen LogP contribution in [0.4, 0.5) is 13.2 Å². The fourth-order valence-corrected chi connectivity index (χ4v) is 4.62. The van der Waals surface area contributed by atoms with E-state index in [1.54, 1.807) is 12.1 Å². The van der Waals surface area contributed by atoms with Gasteiger partial charge in [0.2, 0.25) is 0 Å². The standard InChI is InChI=1S/C25H25F3/c1-2-3-16-4-6-17(7-5-16)18-8-10-19(11-9-18)20-12-13-22-21(14-20)15-23(26)25(28)24(22)27/h8-17H,2-7H2,1H3/t16-,17-. The Bertz CT molecular complexity index is 967. The zero-order chi connectivity index (χ0) is 19.7. The fraction of sp³-hybridized carbons (Fsp3) is 0.360. The Balaban J connectivity index is 1.55. The first-order valence-corrected chi connectivity index (χ1v) is 10.2. The van der Waals surface area contributed by atoms with Crippen LogP contribution in [0.3, 0.4) is 0 Å². The van der Waals surface area contributed by atoms with Crippen LogP contribution in [-0.2, 0) is 0 Å². The zero-order valence-electron chi connectivity index (χ0n) is 16.2. The molecule has 4 rings (SSSR count).